The van der Waals surface area contributed by atoms with Gasteiger partial charge in [0.05, 0.1) is 0 Å². The van der Waals surface area contributed by atoms with Crippen LogP contribution in [0.25, 0.3) is 0 Å². The Morgan fingerprint density at radius 1 is 1.46 bits per heavy atom. The summed E-state index contributed by atoms with van der Waals surface area (Å²) in [6.45, 7) is 3.24. The Morgan fingerprint density at radius 3 is 2.85 bits per heavy atom. The van der Waals surface area contributed by atoms with E-state index in [1.165, 1.54) is 32.1 Å². The Labute approximate surface area is 80.0 Å². The van der Waals surface area contributed by atoms with E-state index in [-0.39, 0.29) is 0 Å². The van der Waals surface area contributed by atoms with Crippen molar-refractivity contribution >= 4 is 0 Å². The van der Waals surface area contributed by atoms with Gasteiger partial charge in [-0.2, -0.15) is 0 Å². The quantitative estimate of drug-likeness (QED) is 0.696. The molecule has 1 fully saturated rings. The molecule has 0 bridgehead atoms. The number of rotatable bonds is 3. The van der Waals surface area contributed by atoms with Crippen molar-refractivity contribution in [2.45, 2.75) is 45.6 Å². The van der Waals surface area contributed by atoms with Crippen molar-refractivity contribution < 1.29 is 0 Å². The van der Waals surface area contributed by atoms with Crippen molar-refractivity contribution in [3.05, 3.63) is 18.2 Å². The average molecular weight is 178 g/mol. The highest BCUT2D eigenvalue weighted by Gasteiger charge is 2.14. The zero-order valence-corrected chi connectivity index (χ0v) is 8.37. The van der Waals surface area contributed by atoms with Gasteiger partial charge in [0.1, 0.15) is 5.82 Å². The molecule has 0 aromatic carbocycles. The van der Waals surface area contributed by atoms with E-state index >= 15 is 0 Å². The van der Waals surface area contributed by atoms with E-state index in [1.807, 2.05) is 6.20 Å². The number of hydrogen-bond donors (Lipinski definition) is 0. The largest absolute Gasteiger partial charge is 0.335 e. The molecule has 0 unspecified atom stereocenters. The van der Waals surface area contributed by atoms with E-state index in [9.17, 15) is 0 Å². The van der Waals surface area contributed by atoms with Gasteiger partial charge in [0.2, 0.25) is 0 Å². The van der Waals surface area contributed by atoms with E-state index in [0.29, 0.717) is 0 Å². The summed E-state index contributed by atoms with van der Waals surface area (Å²) in [7, 11) is 0. The van der Waals surface area contributed by atoms with Crippen LogP contribution in [0, 0.1) is 12.8 Å². The maximum atomic E-state index is 4.22. The van der Waals surface area contributed by atoms with Crippen LogP contribution >= 0.6 is 0 Å². The number of nitrogens with zero attached hydrogens (tertiary/aromatic N) is 2. The van der Waals surface area contributed by atoms with Crippen molar-refractivity contribution in [3.63, 3.8) is 0 Å². The Hall–Kier alpha value is -0.790. The lowest BCUT2D eigenvalue weighted by Gasteiger charge is -2.09. The van der Waals surface area contributed by atoms with Crippen molar-refractivity contribution in [1.29, 1.82) is 0 Å². The van der Waals surface area contributed by atoms with Crippen LogP contribution in [0.5, 0.6) is 0 Å². The lowest BCUT2D eigenvalue weighted by atomic mass is 10.0. The van der Waals surface area contributed by atoms with Crippen LogP contribution in [0.3, 0.4) is 0 Å². The first-order chi connectivity index (χ1) is 6.36. The van der Waals surface area contributed by atoms with Crippen LogP contribution in [0.4, 0.5) is 0 Å². The molecule has 2 heteroatoms. The second-order valence-corrected chi connectivity index (χ2v) is 4.11. The van der Waals surface area contributed by atoms with Gasteiger partial charge in [0.25, 0.3) is 0 Å². The maximum Gasteiger partial charge on any atom is 0.105 e. The lowest BCUT2D eigenvalue weighted by Crippen LogP contribution is -2.04. The molecule has 0 spiro atoms. The summed E-state index contributed by atoms with van der Waals surface area (Å²) in [5, 5.41) is 0. The Bertz CT molecular complexity index is 259. The predicted octanol–water partition coefficient (Wildman–Crippen LogP) is 2.77. The van der Waals surface area contributed by atoms with E-state index in [4.69, 9.17) is 0 Å². The summed E-state index contributed by atoms with van der Waals surface area (Å²) in [5.41, 5.74) is 0. The standard InChI is InChI=1S/C11H18N2/c1-10-12-7-9-13(10)8-6-11-4-2-3-5-11/h7,9,11H,2-6,8H2,1H3. The molecule has 0 N–H and O–H groups in total. The molecule has 0 saturated heterocycles. The number of aromatic nitrogens is 2. The molecule has 1 saturated carbocycles. The fraction of sp³-hybridized carbons (Fsp3) is 0.727. The molecule has 2 rings (SSSR count). The summed E-state index contributed by atoms with van der Waals surface area (Å²) >= 11 is 0. The molecule has 0 amide bonds. The minimum atomic E-state index is 0.988. The van der Waals surface area contributed by atoms with E-state index in [2.05, 4.69) is 22.7 Å². The normalized spacial score (nSPS) is 18.2. The number of aryl methyl sites for hydroxylation is 2. The van der Waals surface area contributed by atoms with Gasteiger partial charge in [-0.25, -0.2) is 4.98 Å². The summed E-state index contributed by atoms with van der Waals surface area (Å²) in [6, 6.07) is 0. The average Bonchev–Trinajstić information content (AvgIpc) is 2.72. The number of hydrogen-bond acceptors (Lipinski definition) is 1. The summed E-state index contributed by atoms with van der Waals surface area (Å²) < 4.78 is 2.26. The number of imidazole rings is 1. The van der Waals surface area contributed by atoms with Gasteiger partial charge < -0.3 is 4.57 Å². The lowest BCUT2D eigenvalue weighted by molar-refractivity contribution is 0.454. The summed E-state index contributed by atoms with van der Waals surface area (Å²) in [6.07, 6.45) is 11.1. The fourth-order valence-electron chi connectivity index (χ4n) is 2.26. The SMILES string of the molecule is Cc1nccn1CCC1CCCC1. The summed E-state index contributed by atoms with van der Waals surface area (Å²) in [4.78, 5) is 4.22. The predicted molar refractivity (Wildman–Crippen MR) is 53.5 cm³/mol. The maximum absolute atomic E-state index is 4.22. The molecule has 1 aliphatic carbocycles. The zero-order valence-electron chi connectivity index (χ0n) is 8.37. The van der Waals surface area contributed by atoms with E-state index in [1.54, 1.807) is 0 Å². The van der Waals surface area contributed by atoms with Gasteiger partial charge >= 0.3 is 0 Å². The second kappa shape index (κ2) is 3.95. The van der Waals surface area contributed by atoms with Crippen molar-refractivity contribution in [3.8, 4) is 0 Å². The van der Waals surface area contributed by atoms with Gasteiger partial charge in [0, 0.05) is 18.9 Å². The highest BCUT2D eigenvalue weighted by Crippen LogP contribution is 2.27. The van der Waals surface area contributed by atoms with Crippen LogP contribution in [0.2, 0.25) is 0 Å². The van der Waals surface area contributed by atoms with Gasteiger partial charge in [-0.15, -0.1) is 0 Å². The first kappa shape index (κ1) is 8.79. The second-order valence-electron chi connectivity index (χ2n) is 4.11. The highest BCUT2D eigenvalue weighted by molar-refractivity contribution is 4.88. The van der Waals surface area contributed by atoms with Crippen LogP contribution in [-0.2, 0) is 6.54 Å². The molecule has 0 atom stereocenters. The third-order valence-electron chi connectivity index (χ3n) is 3.18. The molecule has 1 heterocycles. The van der Waals surface area contributed by atoms with Gasteiger partial charge in [-0.05, 0) is 19.3 Å². The third kappa shape index (κ3) is 2.11. The molecule has 13 heavy (non-hydrogen) atoms. The third-order valence-corrected chi connectivity index (χ3v) is 3.18. The van der Waals surface area contributed by atoms with Crippen LogP contribution in [0.15, 0.2) is 12.4 Å². The van der Waals surface area contributed by atoms with Gasteiger partial charge in [-0.1, -0.05) is 25.7 Å². The molecule has 1 aromatic heterocycles. The molecular weight excluding hydrogens is 160 g/mol. The fourth-order valence-corrected chi connectivity index (χ4v) is 2.26. The smallest absolute Gasteiger partial charge is 0.105 e. The molecule has 72 valence electrons. The molecule has 1 aromatic rings. The molecule has 0 aliphatic heterocycles. The highest BCUT2D eigenvalue weighted by atomic mass is 15.0. The molecule has 2 nitrogen and oxygen atoms in total. The van der Waals surface area contributed by atoms with Crippen molar-refractivity contribution in [2.75, 3.05) is 0 Å². The molecular formula is C11H18N2. The first-order valence-electron chi connectivity index (χ1n) is 5.34. The van der Waals surface area contributed by atoms with E-state index < -0.39 is 0 Å². The van der Waals surface area contributed by atoms with Crippen molar-refractivity contribution in [2.24, 2.45) is 5.92 Å². The zero-order chi connectivity index (χ0) is 9.10. The Kier molecular flexibility index (Phi) is 2.67. The van der Waals surface area contributed by atoms with Gasteiger partial charge in [0.15, 0.2) is 0 Å². The van der Waals surface area contributed by atoms with Crippen molar-refractivity contribution in [1.82, 2.24) is 9.55 Å². The summed E-state index contributed by atoms with van der Waals surface area (Å²) in [5.74, 6) is 2.14. The van der Waals surface area contributed by atoms with Crippen LogP contribution in [0.1, 0.15) is 37.9 Å². The van der Waals surface area contributed by atoms with E-state index in [0.717, 1.165) is 18.3 Å². The minimum Gasteiger partial charge on any atom is -0.335 e. The molecule has 0 radical (unpaired) electrons. The van der Waals surface area contributed by atoms with Crippen LogP contribution in [-0.4, -0.2) is 9.55 Å². The van der Waals surface area contributed by atoms with Crippen LogP contribution < -0.4 is 0 Å². The molecule has 1 aliphatic rings. The Morgan fingerprint density at radius 2 is 2.23 bits per heavy atom. The monoisotopic (exact) mass is 178 g/mol. The Balaban J connectivity index is 1.82. The topological polar surface area (TPSA) is 17.8 Å². The minimum absolute atomic E-state index is 0.988. The van der Waals surface area contributed by atoms with Gasteiger partial charge in [-0.3, -0.25) is 0 Å². The first-order valence-corrected chi connectivity index (χ1v) is 5.34.